The second kappa shape index (κ2) is 12.5. The zero-order chi connectivity index (χ0) is 29.7. The van der Waals surface area contributed by atoms with E-state index in [1.165, 1.54) is 22.7 Å². The number of nitrogens with one attached hydrogen (secondary N) is 2. The Morgan fingerprint density at radius 3 is 2.29 bits per heavy atom. The second-order valence-corrected chi connectivity index (χ2v) is 12.1. The molecule has 9 nitrogen and oxygen atoms in total. The van der Waals surface area contributed by atoms with Crippen molar-refractivity contribution >= 4 is 50.2 Å². The number of amides is 1. The Morgan fingerprint density at radius 2 is 1.68 bits per heavy atom. The Labute approximate surface area is 239 Å². The predicted octanol–water partition coefficient (Wildman–Crippen LogP) is 4.49. The summed E-state index contributed by atoms with van der Waals surface area (Å²) in [6.07, 6.45) is 2.20. The zero-order valence-corrected chi connectivity index (χ0v) is 24.0. The molecule has 4 rings (SSSR count). The summed E-state index contributed by atoms with van der Waals surface area (Å²) >= 11 is 0. The SMILES string of the molecule is CN(C)CCCN(c1ccc(N/C(=C2\C(=O)Nc3cc(F)ccc32)c2ccc(CCC(=O)O)cc2)cc1)S(C)(=O)=O. The van der Waals surface area contributed by atoms with Crippen molar-refractivity contribution in [2.75, 3.05) is 48.4 Å². The highest BCUT2D eigenvalue weighted by molar-refractivity contribution is 7.92. The van der Waals surface area contributed by atoms with Crippen LogP contribution in [0.5, 0.6) is 0 Å². The first kappa shape index (κ1) is 29.8. The fourth-order valence-electron chi connectivity index (χ4n) is 4.63. The van der Waals surface area contributed by atoms with Gasteiger partial charge >= 0.3 is 5.97 Å². The summed E-state index contributed by atoms with van der Waals surface area (Å²) in [7, 11) is 0.360. The summed E-state index contributed by atoms with van der Waals surface area (Å²) in [5.74, 6) is -1.76. The largest absolute Gasteiger partial charge is 0.481 e. The number of fused-ring (bicyclic) bond motifs is 1. The minimum Gasteiger partial charge on any atom is -0.481 e. The molecule has 41 heavy (non-hydrogen) atoms. The molecule has 0 unspecified atom stereocenters. The number of rotatable bonds is 12. The quantitative estimate of drug-likeness (QED) is 0.270. The monoisotopic (exact) mass is 580 g/mol. The average Bonchev–Trinajstić information content (AvgIpc) is 3.23. The molecule has 1 amide bonds. The summed E-state index contributed by atoms with van der Waals surface area (Å²) in [5.41, 5.74) is 4.31. The van der Waals surface area contributed by atoms with Crippen molar-refractivity contribution in [3.63, 3.8) is 0 Å². The summed E-state index contributed by atoms with van der Waals surface area (Å²) < 4.78 is 40.3. The third kappa shape index (κ3) is 7.50. The second-order valence-electron chi connectivity index (χ2n) is 10.1. The number of carboxylic acid groups (broad SMARTS) is 1. The summed E-state index contributed by atoms with van der Waals surface area (Å²) in [5, 5.41) is 15.0. The Hall–Kier alpha value is -4.22. The maximum absolute atomic E-state index is 13.9. The number of aryl methyl sites for hydroxylation is 1. The van der Waals surface area contributed by atoms with Gasteiger partial charge in [-0.2, -0.15) is 0 Å². The minimum atomic E-state index is -3.50. The predicted molar refractivity (Wildman–Crippen MR) is 160 cm³/mol. The van der Waals surface area contributed by atoms with Gasteiger partial charge in [-0.3, -0.25) is 13.9 Å². The van der Waals surface area contributed by atoms with Crippen LogP contribution in [-0.4, -0.2) is 63.7 Å². The lowest BCUT2D eigenvalue weighted by Crippen LogP contribution is -2.32. The summed E-state index contributed by atoms with van der Waals surface area (Å²) in [6, 6.07) is 18.2. The van der Waals surface area contributed by atoms with Crippen LogP contribution in [0.4, 0.5) is 21.5 Å². The minimum absolute atomic E-state index is 0.00111. The maximum Gasteiger partial charge on any atom is 0.303 e. The molecule has 0 bridgehead atoms. The van der Waals surface area contributed by atoms with Crippen LogP contribution >= 0.6 is 0 Å². The molecule has 0 radical (unpaired) electrons. The van der Waals surface area contributed by atoms with Crippen molar-refractivity contribution < 1.29 is 27.5 Å². The number of aliphatic carboxylic acids is 1. The fraction of sp³-hybridized carbons (Fsp3) is 0.267. The number of benzene rings is 3. The van der Waals surface area contributed by atoms with Gasteiger partial charge in [0.2, 0.25) is 10.0 Å². The van der Waals surface area contributed by atoms with Crippen LogP contribution in [0.3, 0.4) is 0 Å². The van der Waals surface area contributed by atoms with Gasteiger partial charge in [-0.05, 0) is 87.1 Å². The Bertz CT molecular complexity index is 1570. The number of nitrogens with zero attached hydrogens (tertiary/aromatic N) is 2. The Morgan fingerprint density at radius 1 is 1.00 bits per heavy atom. The van der Waals surface area contributed by atoms with Crippen LogP contribution in [0.2, 0.25) is 0 Å². The number of hydrogen-bond acceptors (Lipinski definition) is 6. The normalized spacial score (nSPS) is 14.0. The molecule has 0 fully saturated rings. The zero-order valence-electron chi connectivity index (χ0n) is 23.1. The van der Waals surface area contributed by atoms with E-state index in [4.69, 9.17) is 5.11 Å². The van der Waals surface area contributed by atoms with E-state index < -0.39 is 27.7 Å². The number of halogens is 1. The molecule has 0 atom stereocenters. The number of anilines is 3. The van der Waals surface area contributed by atoms with E-state index in [9.17, 15) is 22.4 Å². The number of carbonyl (C=O) groups is 2. The highest BCUT2D eigenvalue weighted by Gasteiger charge is 2.29. The van der Waals surface area contributed by atoms with Crippen LogP contribution in [0.1, 0.15) is 29.5 Å². The maximum atomic E-state index is 13.9. The molecule has 3 aromatic rings. The van der Waals surface area contributed by atoms with Crippen molar-refractivity contribution in [1.82, 2.24) is 4.90 Å². The molecule has 1 aliphatic heterocycles. The van der Waals surface area contributed by atoms with Gasteiger partial charge in [0.05, 0.1) is 28.9 Å². The van der Waals surface area contributed by atoms with Crippen molar-refractivity contribution in [2.24, 2.45) is 0 Å². The lowest BCUT2D eigenvalue weighted by Gasteiger charge is -2.24. The summed E-state index contributed by atoms with van der Waals surface area (Å²) in [4.78, 5) is 26.1. The molecular weight excluding hydrogens is 547 g/mol. The highest BCUT2D eigenvalue weighted by atomic mass is 32.2. The molecule has 1 heterocycles. The van der Waals surface area contributed by atoms with Gasteiger partial charge in [0.25, 0.3) is 5.91 Å². The number of carbonyl (C=O) groups excluding carboxylic acids is 1. The van der Waals surface area contributed by atoms with E-state index in [0.717, 1.165) is 12.1 Å². The number of carboxylic acids is 1. The lowest BCUT2D eigenvalue weighted by molar-refractivity contribution is -0.137. The van der Waals surface area contributed by atoms with Crippen LogP contribution in [0, 0.1) is 5.82 Å². The third-order valence-corrected chi connectivity index (χ3v) is 7.83. The molecule has 0 saturated heterocycles. The average molecular weight is 581 g/mol. The molecule has 11 heteroatoms. The Balaban J connectivity index is 1.70. The van der Waals surface area contributed by atoms with Gasteiger partial charge in [0, 0.05) is 24.2 Å². The van der Waals surface area contributed by atoms with E-state index in [-0.39, 0.29) is 6.42 Å². The molecule has 1 aliphatic rings. The molecule has 0 aliphatic carbocycles. The van der Waals surface area contributed by atoms with E-state index in [0.29, 0.717) is 58.8 Å². The Kier molecular flexibility index (Phi) is 9.09. The van der Waals surface area contributed by atoms with Crippen LogP contribution in [0.25, 0.3) is 11.3 Å². The van der Waals surface area contributed by atoms with Gasteiger partial charge in [0.1, 0.15) is 5.82 Å². The number of hydrogen-bond donors (Lipinski definition) is 3. The van der Waals surface area contributed by atoms with Gasteiger partial charge in [-0.1, -0.05) is 24.3 Å². The van der Waals surface area contributed by atoms with Crippen molar-refractivity contribution in [2.45, 2.75) is 19.3 Å². The molecule has 0 spiro atoms. The molecule has 0 aromatic heterocycles. The number of sulfonamides is 1. The van der Waals surface area contributed by atoms with Gasteiger partial charge in [0.15, 0.2) is 0 Å². The van der Waals surface area contributed by atoms with Gasteiger partial charge in [-0.15, -0.1) is 0 Å². The van der Waals surface area contributed by atoms with Crippen LogP contribution in [0.15, 0.2) is 66.7 Å². The first-order valence-corrected chi connectivity index (χ1v) is 14.9. The first-order valence-electron chi connectivity index (χ1n) is 13.1. The van der Waals surface area contributed by atoms with Gasteiger partial charge in [-0.25, -0.2) is 12.8 Å². The molecule has 3 aromatic carbocycles. The van der Waals surface area contributed by atoms with E-state index in [1.807, 2.05) is 19.0 Å². The standard InChI is InChI=1S/C30H33FN4O5S/c1-34(2)17-4-18-35(41(3,39)40)24-13-11-23(12-14-24)32-29(21-8-5-20(6-9-21)7-16-27(36)37)28-25-15-10-22(31)19-26(25)33-30(28)38/h5-6,8-15,19,32H,4,7,16-18H2,1-3H3,(H,33,38)(H,36,37)/b29-28-. The fourth-order valence-corrected chi connectivity index (χ4v) is 5.60. The van der Waals surface area contributed by atoms with E-state index >= 15 is 0 Å². The van der Waals surface area contributed by atoms with Crippen molar-refractivity contribution in [1.29, 1.82) is 0 Å². The van der Waals surface area contributed by atoms with Crippen molar-refractivity contribution in [3.05, 3.63) is 89.2 Å². The van der Waals surface area contributed by atoms with E-state index in [2.05, 4.69) is 10.6 Å². The van der Waals surface area contributed by atoms with Crippen molar-refractivity contribution in [3.8, 4) is 0 Å². The van der Waals surface area contributed by atoms with Crippen LogP contribution in [-0.2, 0) is 26.0 Å². The van der Waals surface area contributed by atoms with Gasteiger partial charge < -0.3 is 20.6 Å². The summed E-state index contributed by atoms with van der Waals surface area (Å²) in [6.45, 7) is 1.08. The molecule has 216 valence electrons. The molecular formula is C30H33FN4O5S. The lowest BCUT2D eigenvalue weighted by atomic mass is 9.98. The topological polar surface area (TPSA) is 119 Å². The third-order valence-electron chi connectivity index (χ3n) is 6.64. The molecule has 3 N–H and O–H groups in total. The van der Waals surface area contributed by atoms with E-state index in [1.54, 1.807) is 54.6 Å². The smallest absolute Gasteiger partial charge is 0.303 e. The highest BCUT2D eigenvalue weighted by Crippen LogP contribution is 2.38. The first-order chi connectivity index (χ1) is 19.4. The molecule has 0 saturated carbocycles. The van der Waals surface area contributed by atoms with Crippen LogP contribution < -0.4 is 14.9 Å².